The van der Waals surface area contributed by atoms with Crippen LogP contribution in [0.4, 0.5) is 0 Å². The van der Waals surface area contributed by atoms with E-state index in [2.05, 4.69) is 9.55 Å². The van der Waals surface area contributed by atoms with Gasteiger partial charge in [-0.05, 0) is 19.1 Å². The molecule has 0 aliphatic carbocycles. The lowest BCUT2D eigenvalue weighted by molar-refractivity contribution is -0.130. The van der Waals surface area contributed by atoms with Crippen LogP contribution < -0.4 is 0 Å². The number of hydrogen-bond acceptors (Lipinski definition) is 3. The maximum Gasteiger partial charge on any atom is 0.224 e. The van der Waals surface area contributed by atoms with E-state index in [4.69, 9.17) is 5.26 Å². The third-order valence-electron chi connectivity index (χ3n) is 3.38. The number of rotatable bonds is 5. The highest BCUT2D eigenvalue weighted by Crippen LogP contribution is 2.15. The number of nitriles is 1. The molecule has 0 atom stereocenters. The van der Waals surface area contributed by atoms with Crippen molar-refractivity contribution in [3.63, 3.8) is 0 Å². The fraction of sp³-hybridized carbons (Fsp3) is 0.400. The quantitative estimate of drug-likeness (QED) is 0.836. The van der Waals surface area contributed by atoms with Gasteiger partial charge >= 0.3 is 0 Å². The molecule has 5 heteroatoms. The van der Waals surface area contributed by atoms with Crippen molar-refractivity contribution in [3.8, 4) is 6.07 Å². The zero-order valence-corrected chi connectivity index (χ0v) is 11.8. The van der Waals surface area contributed by atoms with Gasteiger partial charge in [0.05, 0.1) is 23.5 Å². The van der Waals surface area contributed by atoms with Gasteiger partial charge in [0.1, 0.15) is 5.82 Å². The largest absolute Gasteiger partial charge is 0.345 e. The Bertz CT molecular complexity index is 653. The molecular weight excluding hydrogens is 252 g/mol. The van der Waals surface area contributed by atoms with Crippen LogP contribution in [0.3, 0.4) is 0 Å². The first-order valence-corrected chi connectivity index (χ1v) is 6.66. The van der Waals surface area contributed by atoms with Crippen LogP contribution in [0.15, 0.2) is 24.3 Å². The molecule has 0 aliphatic heterocycles. The molecule has 0 N–H and O–H groups in total. The Morgan fingerprint density at radius 1 is 1.45 bits per heavy atom. The molecule has 0 unspecified atom stereocenters. The Hall–Kier alpha value is -2.35. The van der Waals surface area contributed by atoms with E-state index in [0.29, 0.717) is 25.9 Å². The van der Waals surface area contributed by atoms with E-state index < -0.39 is 0 Å². The molecule has 0 aliphatic rings. The second-order valence-corrected chi connectivity index (χ2v) is 4.77. The van der Waals surface area contributed by atoms with Crippen LogP contribution in [-0.4, -0.2) is 34.0 Å². The third-order valence-corrected chi connectivity index (χ3v) is 3.38. The standard InChI is InChI=1S/C15H18N4O/c1-12-17-13-6-3-4-7-14(13)19(12)11-8-15(20)18(2)10-5-9-16/h3-4,6-7H,5,8,10-11H2,1-2H3. The lowest BCUT2D eigenvalue weighted by Gasteiger charge is -2.16. The van der Waals surface area contributed by atoms with Gasteiger partial charge in [-0.15, -0.1) is 0 Å². The number of amides is 1. The Morgan fingerprint density at radius 3 is 2.95 bits per heavy atom. The average Bonchev–Trinajstić information content (AvgIpc) is 2.77. The van der Waals surface area contributed by atoms with Crippen molar-refractivity contribution in [1.29, 1.82) is 5.26 Å². The van der Waals surface area contributed by atoms with Gasteiger partial charge in [0, 0.05) is 26.6 Å². The molecule has 2 aromatic rings. The highest BCUT2D eigenvalue weighted by molar-refractivity contribution is 5.78. The predicted octanol–water partition coefficient (Wildman–Crippen LogP) is 2.11. The van der Waals surface area contributed by atoms with Crippen molar-refractivity contribution < 1.29 is 4.79 Å². The van der Waals surface area contributed by atoms with Crippen LogP contribution in [0.25, 0.3) is 11.0 Å². The minimum absolute atomic E-state index is 0.0532. The molecule has 104 valence electrons. The zero-order chi connectivity index (χ0) is 14.5. The summed E-state index contributed by atoms with van der Waals surface area (Å²) in [5, 5.41) is 8.53. The minimum Gasteiger partial charge on any atom is -0.345 e. The Balaban J connectivity index is 2.04. The SMILES string of the molecule is Cc1nc2ccccc2n1CCC(=O)N(C)CCC#N. The topological polar surface area (TPSA) is 61.9 Å². The summed E-state index contributed by atoms with van der Waals surface area (Å²) in [4.78, 5) is 18.1. The van der Waals surface area contributed by atoms with Gasteiger partial charge in [0.2, 0.25) is 5.91 Å². The second kappa shape index (κ2) is 6.20. The first-order valence-electron chi connectivity index (χ1n) is 6.66. The van der Waals surface area contributed by atoms with Crippen molar-refractivity contribution in [3.05, 3.63) is 30.1 Å². The molecule has 0 bridgehead atoms. The number of hydrogen-bond donors (Lipinski definition) is 0. The normalized spacial score (nSPS) is 10.4. The summed E-state index contributed by atoms with van der Waals surface area (Å²) in [6, 6.07) is 9.96. The lowest BCUT2D eigenvalue weighted by Crippen LogP contribution is -2.28. The van der Waals surface area contributed by atoms with E-state index in [1.807, 2.05) is 37.3 Å². The summed E-state index contributed by atoms with van der Waals surface area (Å²) in [5.74, 6) is 0.969. The van der Waals surface area contributed by atoms with E-state index in [1.165, 1.54) is 0 Å². The highest BCUT2D eigenvalue weighted by atomic mass is 16.2. The maximum absolute atomic E-state index is 12.0. The van der Waals surface area contributed by atoms with Crippen LogP contribution in [0.1, 0.15) is 18.7 Å². The van der Waals surface area contributed by atoms with Crippen molar-refractivity contribution in [2.24, 2.45) is 0 Å². The van der Waals surface area contributed by atoms with Gasteiger partial charge in [0.25, 0.3) is 0 Å². The monoisotopic (exact) mass is 270 g/mol. The highest BCUT2D eigenvalue weighted by Gasteiger charge is 2.11. The first-order chi connectivity index (χ1) is 9.63. The second-order valence-electron chi connectivity index (χ2n) is 4.77. The molecule has 0 radical (unpaired) electrons. The van der Waals surface area contributed by atoms with Crippen LogP contribution in [0.5, 0.6) is 0 Å². The first kappa shape index (κ1) is 14.1. The number of carbonyl (C=O) groups is 1. The van der Waals surface area contributed by atoms with Gasteiger partial charge in [-0.1, -0.05) is 12.1 Å². The maximum atomic E-state index is 12.0. The number of nitrogens with zero attached hydrogens (tertiary/aromatic N) is 4. The molecule has 1 amide bonds. The van der Waals surface area contributed by atoms with Gasteiger partial charge < -0.3 is 9.47 Å². The molecule has 20 heavy (non-hydrogen) atoms. The van der Waals surface area contributed by atoms with Gasteiger partial charge in [0.15, 0.2) is 0 Å². The molecule has 2 rings (SSSR count). The van der Waals surface area contributed by atoms with Crippen LogP contribution in [-0.2, 0) is 11.3 Å². The summed E-state index contributed by atoms with van der Waals surface area (Å²) in [6.07, 6.45) is 0.790. The smallest absolute Gasteiger partial charge is 0.224 e. The Labute approximate surface area is 118 Å². The number of aryl methyl sites for hydroxylation is 2. The van der Waals surface area contributed by atoms with E-state index in [1.54, 1.807) is 11.9 Å². The molecule has 0 fully saturated rings. The zero-order valence-electron chi connectivity index (χ0n) is 11.8. The van der Waals surface area contributed by atoms with Gasteiger partial charge in [-0.3, -0.25) is 4.79 Å². The van der Waals surface area contributed by atoms with Crippen LogP contribution >= 0.6 is 0 Å². The van der Waals surface area contributed by atoms with Crippen molar-refractivity contribution in [2.75, 3.05) is 13.6 Å². The molecule has 1 aromatic carbocycles. The summed E-state index contributed by atoms with van der Waals surface area (Å²) in [6.45, 7) is 3.05. The van der Waals surface area contributed by atoms with E-state index >= 15 is 0 Å². The third kappa shape index (κ3) is 2.97. The number of imidazole rings is 1. The number of aromatic nitrogens is 2. The lowest BCUT2D eigenvalue weighted by atomic mass is 10.3. The molecule has 5 nitrogen and oxygen atoms in total. The fourth-order valence-electron chi connectivity index (χ4n) is 2.22. The number of para-hydroxylation sites is 2. The fourth-order valence-corrected chi connectivity index (χ4v) is 2.22. The molecule has 0 saturated heterocycles. The molecule has 1 aromatic heterocycles. The summed E-state index contributed by atoms with van der Waals surface area (Å²) < 4.78 is 2.06. The molecule has 0 saturated carbocycles. The summed E-state index contributed by atoms with van der Waals surface area (Å²) >= 11 is 0. The van der Waals surface area contributed by atoms with Gasteiger partial charge in [-0.2, -0.15) is 5.26 Å². The minimum atomic E-state index is 0.0532. The number of carbonyl (C=O) groups excluding carboxylic acids is 1. The van der Waals surface area contributed by atoms with Crippen LogP contribution in [0, 0.1) is 18.3 Å². The predicted molar refractivity (Wildman–Crippen MR) is 77.0 cm³/mol. The molecule has 0 spiro atoms. The number of fused-ring (bicyclic) bond motifs is 1. The Kier molecular flexibility index (Phi) is 4.36. The van der Waals surface area contributed by atoms with Crippen molar-refractivity contribution >= 4 is 16.9 Å². The summed E-state index contributed by atoms with van der Waals surface area (Å²) in [7, 11) is 1.73. The van der Waals surface area contributed by atoms with E-state index in [-0.39, 0.29) is 5.91 Å². The molecule has 1 heterocycles. The molecular formula is C15H18N4O. The van der Waals surface area contributed by atoms with Crippen LogP contribution in [0.2, 0.25) is 0 Å². The van der Waals surface area contributed by atoms with Crippen molar-refractivity contribution in [1.82, 2.24) is 14.5 Å². The van der Waals surface area contributed by atoms with E-state index in [0.717, 1.165) is 16.9 Å². The van der Waals surface area contributed by atoms with Gasteiger partial charge in [-0.25, -0.2) is 4.98 Å². The summed E-state index contributed by atoms with van der Waals surface area (Å²) in [5.41, 5.74) is 2.01. The average molecular weight is 270 g/mol. The Morgan fingerprint density at radius 2 is 2.20 bits per heavy atom. The van der Waals surface area contributed by atoms with Crippen molar-refractivity contribution in [2.45, 2.75) is 26.3 Å². The number of benzene rings is 1. The van der Waals surface area contributed by atoms with E-state index in [9.17, 15) is 4.79 Å².